The molecule has 1 fully saturated rings. The second-order valence-corrected chi connectivity index (χ2v) is 2.96. The Balaban J connectivity index is 2.17. The summed E-state index contributed by atoms with van der Waals surface area (Å²) in [5.41, 5.74) is 0. The largest absolute Gasteiger partial charge is 0.365 e. The zero-order valence-corrected chi connectivity index (χ0v) is 7.17. The maximum atomic E-state index is 10.3. The van der Waals surface area contributed by atoms with E-state index in [2.05, 4.69) is 6.92 Å². The molecule has 1 rings (SSSR count). The van der Waals surface area contributed by atoms with Gasteiger partial charge in [0.15, 0.2) is 0 Å². The van der Waals surface area contributed by atoms with Gasteiger partial charge in [0.05, 0.1) is 6.10 Å². The highest BCUT2D eigenvalue weighted by molar-refractivity contribution is 6.66. The molecule has 0 radical (unpaired) electrons. The normalized spacial score (nSPS) is 29.3. The lowest BCUT2D eigenvalue weighted by Gasteiger charge is -1.83. The Morgan fingerprint density at radius 1 is 1.73 bits per heavy atom. The van der Waals surface area contributed by atoms with E-state index >= 15 is 0 Å². The van der Waals surface area contributed by atoms with Crippen molar-refractivity contribution in [2.75, 3.05) is 0 Å². The first-order valence-corrected chi connectivity index (χ1v) is 4.15. The van der Waals surface area contributed by atoms with E-state index in [4.69, 9.17) is 16.3 Å². The van der Waals surface area contributed by atoms with Crippen molar-refractivity contribution in [3.8, 4) is 0 Å². The molecule has 1 unspecified atom stereocenters. The van der Waals surface area contributed by atoms with Crippen LogP contribution in [0.1, 0.15) is 19.8 Å². The summed E-state index contributed by atoms with van der Waals surface area (Å²) in [6.07, 6.45) is 5.71. The van der Waals surface area contributed by atoms with Gasteiger partial charge < -0.3 is 4.74 Å². The van der Waals surface area contributed by atoms with Crippen molar-refractivity contribution >= 4 is 16.8 Å². The number of epoxide rings is 1. The van der Waals surface area contributed by atoms with Crippen molar-refractivity contribution in [2.24, 2.45) is 0 Å². The van der Waals surface area contributed by atoms with E-state index in [9.17, 15) is 4.79 Å². The Labute approximate surface area is 71.2 Å². The molecule has 1 aliphatic rings. The third-order valence-corrected chi connectivity index (χ3v) is 1.74. The molecule has 0 saturated carbocycles. The molecule has 0 N–H and O–H groups in total. The highest BCUT2D eigenvalue weighted by Crippen LogP contribution is 2.27. The average molecular weight is 175 g/mol. The van der Waals surface area contributed by atoms with Crippen molar-refractivity contribution in [1.82, 2.24) is 0 Å². The standard InChI is InChI=1S/C8H11ClO2/c1-2-3-6-7(11-6)4-5-8(9)10/h4-7H,2-3H2,1H3/b5-4+/t6?,7-/m0/s1. The topological polar surface area (TPSA) is 29.6 Å². The Bertz CT molecular complexity index is 177. The van der Waals surface area contributed by atoms with Crippen LogP contribution in [-0.4, -0.2) is 17.5 Å². The quantitative estimate of drug-likeness (QED) is 0.370. The molecule has 0 amide bonds. The highest BCUT2D eigenvalue weighted by Gasteiger charge is 2.35. The van der Waals surface area contributed by atoms with Crippen molar-refractivity contribution in [3.63, 3.8) is 0 Å². The number of hydrogen-bond acceptors (Lipinski definition) is 2. The molecule has 1 heterocycles. The predicted molar refractivity (Wildman–Crippen MR) is 43.6 cm³/mol. The SMILES string of the molecule is CCCC1O[C@H]1/C=C/C(=O)Cl. The summed E-state index contributed by atoms with van der Waals surface area (Å²) in [7, 11) is 0. The minimum absolute atomic E-state index is 0.137. The molecule has 2 atom stereocenters. The third kappa shape index (κ3) is 3.04. The van der Waals surface area contributed by atoms with Gasteiger partial charge in [-0.2, -0.15) is 0 Å². The van der Waals surface area contributed by atoms with Gasteiger partial charge in [0, 0.05) is 0 Å². The van der Waals surface area contributed by atoms with Gasteiger partial charge in [0.1, 0.15) is 6.10 Å². The van der Waals surface area contributed by atoms with Gasteiger partial charge in [-0.05, 0) is 30.2 Å². The second kappa shape index (κ2) is 3.88. The molecule has 0 aliphatic carbocycles. The number of carbonyl (C=O) groups is 1. The van der Waals surface area contributed by atoms with Gasteiger partial charge in [-0.15, -0.1) is 0 Å². The van der Waals surface area contributed by atoms with Crippen LogP contribution in [0.4, 0.5) is 0 Å². The van der Waals surface area contributed by atoms with E-state index in [0.717, 1.165) is 12.8 Å². The summed E-state index contributed by atoms with van der Waals surface area (Å²) in [5, 5.41) is -0.434. The van der Waals surface area contributed by atoms with Crippen molar-refractivity contribution in [2.45, 2.75) is 32.0 Å². The minimum atomic E-state index is -0.434. The molecule has 1 saturated heterocycles. The number of ether oxygens (including phenoxy) is 1. The Hall–Kier alpha value is -0.340. The van der Waals surface area contributed by atoms with E-state index in [1.54, 1.807) is 6.08 Å². The van der Waals surface area contributed by atoms with Crippen LogP contribution in [0.15, 0.2) is 12.2 Å². The maximum Gasteiger partial charge on any atom is 0.244 e. The van der Waals surface area contributed by atoms with Gasteiger partial charge in [0.2, 0.25) is 5.24 Å². The van der Waals surface area contributed by atoms with E-state index < -0.39 is 5.24 Å². The molecular formula is C8H11ClO2. The number of rotatable bonds is 4. The predicted octanol–water partition coefficient (Wildman–Crippen LogP) is 1.88. The minimum Gasteiger partial charge on any atom is -0.365 e. The van der Waals surface area contributed by atoms with Crippen LogP contribution in [-0.2, 0) is 9.53 Å². The number of hydrogen-bond donors (Lipinski definition) is 0. The molecule has 1 aliphatic heterocycles. The van der Waals surface area contributed by atoms with Gasteiger partial charge in [0.25, 0.3) is 0 Å². The first-order valence-electron chi connectivity index (χ1n) is 3.77. The number of halogens is 1. The average Bonchev–Trinajstić information content (AvgIpc) is 2.64. The van der Waals surface area contributed by atoms with Crippen LogP contribution in [0.25, 0.3) is 0 Å². The highest BCUT2D eigenvalue weighted by atomic mass is 35.5. The fraction of sp³-hybridized carbons (Fsp3) is 0.625. The Kier molecular flexibility index (Phi) is 3.09. The lowest BCUT2D eigenvalue weighted by molar-refractivity contribution is -0.107. The summed E-state index contributed by atoms with van der Waals surface area (Å²) in [6, 6.07) is 0. The summed E-state index contributed by atoms with van der Waals surface area (Å²) >= 11 is 5.09. The number of carbonyl (C=O) groups excluding carboxylic acids is 1. The molecule has 11 heavy (non-hydrogen) atoms. The molecule has 2 nitrogen and oxygen atoms in total. The van der Waals surface area contributed by atoms with Crippen LogP contribution in [0.3, 0.4) is 0 Å². The van der Waals surface area contributed by atoms with Gasteiger partial charge >= 0.3 is 0 Å². The first kappa shape index (κ1) is 8.75. The third-order valence-electron chi connectivity index (χ3n) is 1.61. The molecule has 62 valence electrons. The Morgan fingerprint density at radius 3 is 3.00 bits per heavy atom. The zero-order chi connectivity index (χ0) is 8.27. The summed E-state index contributed by atoms with van der Waals surface area (Å²) in [4.78, 5) is 10.3. The monoisotopic (exact) mass is 174 g/mol. The van der Waals surface area contributed by atoms with Crippen LogP contribution in [0.5, 0.6) is 0 Å². The lowest BCUT2D eigenvalue weighted by atomic mass is 10.2. The molecule has 0 spiro atoms. The van der Waals surface area contributed by atoms with E-state index in [1.165, 1.54) is 6.08 Å². The fourth-order valence-corrected chi connectivity index (χ4v) is 1.09. The molecular weight excluding hydrogens is 164 g/mol. The van der Waals surface area contributed by atoms with Crippen molar-refractivity contribution < 1.29 is 9.53 Å². The molecule has 0 bridgehead atoms. The van der Waals surface area contributed by atoms with Crippen LogP contribution in [0.2, 0.25) is 0 Å². The summed E-state index contributed by atoms with van der Waals surface area (Å²) in [6.45, 7) is 2.11. The first-order chi connectivity index (χ1) is 5.24. The zero-order valence-electron chi connectivity index (χ0n) is 6.42. The van der Waals surface area contributed by atoms with Gasteiger partial charge in [-0.25, -0.2) is 0 Å². The smallest absolute Gasteiger partial charge is 0.244 e. The molecule has 0 aromatic heterocycles. The second-order valence-electron chi connectivity index (χ2n) is 2.59. The van der Waals surface area contributed by atoms with Gasteiger partial charge in [-0.3, -0.25) is 4.79 Å². The molecule has 3 heteroatoms. The Morgan fingerprint density at radius 2 is 2.45 bits per heavy atom. The lowest BCUT2D eigenvalue weighted by Crippen LogP contribution is -1.89. The van der Waals surface area contributed by atoms with E-state index in [1.807, 2.05) is 0 Å². The maximum absolute atomic E-state index is 10.3. The molecule has 0 aromatic rings. The van der Waals surface area contributed by atoms with Gasteiger partial charge in [-0.1, -0.05) is 13.3 Å². The van der Waals surface area contributed by atoms with E-state index in [-0.39, 0.29) is 6.10 Å². The van der Waals surface area contributed by atoms with E-state index in [0.29, 0.717) is 6.10 Å². The van der Waals surface area contributed by atoms with Crippen molar-refractivity contribution in [1.29, 1.82) is 0 Å². The fourth-order valence-electron chi connectivity index (χ4n) is 1.01. The van der Waals surface area contributed by atoms with Crippen molar-refractivity contribution in [3.05, 3.63) is 12.2 Å². The number of allylic oxidation sites excluding steroid dienone is 1. The summed E-state index contributed by atoms with van der Waals surface area (Å²) in [5.74, 6) is 0. The van der Waals surface area contributed by atoms with Crippen LogP contribution in [0, 0.1) is 0 Å². The van der Waals surface area contributed by atoms with Crippen LogP contribution < -0.4 is 0 Å². The van der Waals surface area contributed by atoms with Crippen LogP contribution >= 0.6 is 11.6 Å². The molecule has 0 aromatic carbocycles. The summed E-state index contributed by atoms with van der Waals surface area (Å²) < 4.78 is 5.21.